The highest BCUT2D eigenvalue weighted by Gasteiger charge is 2.33. The molecule has 1 aromatic rings. The molecular formula is C15H24N2O2S. The molecule has 20 heavy (non-hydrogen) atoms. The van der Waals surface area contributed by atoms with Gasteiger partial charge in [0.05, 0.1) is 4.92 Å². The summed E-state index contributed by atoms with van der Waals surface area (Å²) >= 11 is 1.27. The molecule has 0 aromatic carbocycles. The average molecular weight is 296 g/mol. The van der Waals surface area contributed by atoms with Crippen LogP contribution in [0.3, 0.4) is 0 Å². The molecule has 0 saturated heterocycles. The second-order valence-electron chi connectivity index (χ2n) is 6.41. The van der Waals surface area contributed by atoms with Crippen LogP contribution in [-0.4, -0.2) is 11.5 Å². The first-order valence-corrected chi connectivity index (χ1v) is 8.26. The van der Waals surface area contributed by atoms with Gasteiger partial charge in [-0.3, -0.25) is 10.1 Å². The molecule has 0 unspecified atom stereocenters. The summed E-state index contributed by atoms with van der Waals surface area (Å²) in [6.07, 6.45) is 6.62. The van der Waals surface area contributed by atoms with Gasteiger partial charge in [0.25, 0.3) is 0 Å². The van der Waals surface area contributed by atoms with Crippen molar-refractivity contribution in [1.82, 2.24) is 5.32 Å². The smallest absolute Gasteiger partial charge is 0.311 e. The number of hydrogen-bond donors (Lipinski definition) is 1. The van der Waals surface area contributed by atoms with Gasteiger partial charge in [0.15, 0.2) is 0 Å². The minimum Gasteiger partial charge on any atom is -0.311 e. The molecule has 1 fully saturated rings. The Labute approximate surface area is 124 Å². The van der Waals surface area contributed by atoms with Crippen LogP contribution >= 0.6 is 11.3 Å². The lowest BCUT2D eigenvalue weighted by Gasteiger charge is -2.31. The Balaban J connectivity index is 1.85. The molecule has 1 heterocycles. The lowest BCUT2D eigenvalue weighted by atomic mass is 9.78. The van der Waals surface area contributed by atoms with E-state index in [9.17, 15) is 10.1 Å². The van der Waals surface area contributed by atoms with Crippen LogP contribution in [0.1, 0.15) is 50.8 Å². The van der Waals surface area contributed by atoms with Crippen LogP contribution in [0, 0.1) is 21.4 Å². The molecular weight excluding hydrogens is 272 g/mol. The van der Waals surface area contributed by atoms with E-state index >= 15 is 0 Å². The fraction of sp³-hybridized carbons (Fsp3) is 0.733. The molecule has 5 heteroatoms. The highest BCUT2D eigenvalue weighted by molar-refractivity contribution is 7.15. The van der Waals surface area contributed by atoms with E-state index in [1.807, 2.05) is 6.07 Å². The van der Waals surface area contributed by atoms with Crippen molar-refractivity contribution in [3.8, 4) is 0 Å². The maximum atomic E-state index is 10.7. The first-order chi connectivity index (χ1) is 9.51. The summed E-state index contributed by atoms with van der Waals surface area (Å²) in [5.74, 6) is 0.734. The van der Waals surface area contributed by atoms with Crippen LogP contribution in [0.5, 0.6) is 0 Å². The van der Waals surface area contributed by atoms with Crippen molar-refractivity contribution >= 4 is 16.3 Å². The maximum absolute atomic E-state index is 10.7. The number of nitro groups is 1. The Morgan fingerprint density at radius 1 is 1.40 bits per heavy atom. The van der Waals surface area contributed by atoms with Crippen LogP contribution in [0.2, 0.25) is 0 Å². The molecule has 0 bridgehead atoms. The van der Waals surface area contributed by atoms with Gasteiger partial charge in [-0.15, -0.1) is 0 Å². The average Bonchev–Trinajstić information content (AvgIpc) is 2.98. The van der Waals surface area contributed by atoms with Crippen molar-refractivity contribution in [2.24, 2.45) is 11.3 Å². The summed E-state index contributed by atoms with van der Waals surface area (Å²) < 4.78 is 0. The standard InChI is InChI=1S/C15H24N2O2S/c1-12(2)9-15(7-3-4-8-15)11-16-10-13-5-6-14(20-13)17(18)19/h5-6,12,16H,3-4,7-11H2,1-2H3. The largest absolute Gasteiger partial charge is 0.324 e. The van der Waals surface area contributed by atoms with Crippen molar-refractivity contribution in [2.45, 2.75) is 52.5 Å². The van der Waals surface area contributed by atoms with E-state index in [0.29, 0.717) is 5.41 Å². The normalized spacial score (nSPS) is 17.8. The van der Waals surface area contributed by atoms with Gasteiger partial charge in [0.1, 0.15) is 0 Å². The monoisotopic (exact) mass is 296 g/mol. The number of nitrogens with one attached hydrogen (secondary N) is 1. The fourth-order valence-electron chi connectivity index (χ4n) is 3.45. The molecule has 112 valence electrons. The van der Waals surface area contributed by atoms with Crippen molar-refractivity contribution in [3.63, 3.8) is 0 Å². The molecule has 0 spiro atoms. The highest BCUT2D eigenvalue weighted by Crippen LogP contribution is 2.42. The first kappa shape index (κ1) is 15.4. The van der Waals surface area contributed by atoms with Gasteiger partial charge in [-0.2, -0.15) is 0 Å². The van der Waals surface area contributed by atoms with E-state index in [2.05, 4.69) is 19.2 Å². The van der Waals surface area contributed by atoms with Crippen LogP contribution < -0.4 is 5.32 Å². The van der Waals surface area contributed by atoms with Crippen molar-refractivity contribution in [1.29, 1.82) is 0 Å². The molecule has 0 aliphatic heterocycles. The highest BCUT2D eigenvalue weighted by atomic mass is 32.1. The zero-order chi connectivity index (χ0) is 14.6. The summed E-state index contributed by atoms with van der Waals surface area (Å²) in [6.45, 7) is 6.38. The van der Waals surface area contributed by atoms with E-state index in [0.717, 1.165) is 23.9 Å². The SMILES string of the molecule is CC(C)CC1(CNCc2ccc([N+](=O)[O-])s2)CCCC1. The lowest BCUT2D eigenvalue weighted by Crippen LogP contribution is -2.32. The van der Waals surface area contributed by atoms with Crippen LogP contribution in [0.4, 0.5) is 5.00 Å². The molecule has 2 rings (SSSR count). The molecule has 4 nitrogen and oxygen atoms in total. The second kappa shape index (κ2) is 6.68. The van der Waals surface area contributed by atoms with E-state index in [4.69, 9.17) is 0 Å². The molecule has 0 amide bonds. The summed E-state index contributed by atoms with van der Waals surface area (Å²) in [5, 5.41) is 14.4. The fourth-order valence-corrected chi connectivity index (χ4v) is 4.24. The minimum atomic E-state index is -0.314. The van der Waals surface area contributed by atoms with Crippen molar-refractivity contribution in [3.05, 3.63) is 27.1 Å². The summed E-state index contributed by atoms with van der Waals surface area (Å²) in [6, 6.07) is 3.46. The topological polar surface area (TPSA) is 55.2 Å². The Morgan fingerprint density at radius 2 is 2.10 bits per heavy atom. The molecule has 1 aliphatic carbocycles. The van der Waals surface area contributed by atoms with E-state index in [-0.39, 0.29) is 9.92 Å². The molecule has 1 aromatic heterocycles. The minimum absolute atomic E-state index is 0.236. The zero-order valence-corrected chi connectivity index (χ0v) is 13.2. The maximum Gasteiger partial charge on any atom is 0.324 e. The number of thiophene rings is 1. The van der Waals surface area contributed by atoms with Crippen LogP contribution in [-0.2, 0) is 6.54 Å². The van der Waals surface area contributed by atoms with E-state index in [1.54, 1.807) is 6.07 Å². The summed E-state index contributed by atoms with van der Waals surface area (Å²) in [7, 11) is 0. The van der Waals surface area contributed by atoms with Gasteiger partial charge in [-0.05, 0) is 36.7 Å². The molecule has 1 aliphatic rings. The van der Waals surface area contributed by atoms with E-state index < -0.39 is 0 Å². The molecule has 1 saturated carbocycles. The number of hydrogen-bond acceptors (Lipinski definition) is 4. The summed E-state index contributed by atoms with van der Waals surface area (Å²) in [5.41, 5.74) is 0.456. The Bertz CT molecular complexity index is 450. The van der Waals surface area contributed by atoms with Gasteiger partial charge < -0.3 is 5.32 Å². The van der Waals surface area contributed by atoms with Gasteiger partial charge in [-0.1, -0.05) is 38.0 Å². The third-order valence-corrected chi connectivity index (χ3v) is 5.17. The van der Waals surface area contributed by atoms with Gasteiger partial charge in [0.2, 0.25) is 0 Å². The van der Waals surface area contributed by atoms with Gasteiger partial charge in [-0.25, -0.2) is 0 Å². The van der Waals surface area contributed by atoms with Crippen molar-refractivity contribution in [2.75, 3.05) is 6.54 Å². The van der Waals surface area contributed by atoms with Crippen LogP contribution in [0.15, 0.2) is 12.1 Å². The number of nitrogens with zero attached hydrogens (tertiary/aromatic N) is 1. The second-order valence-corrected chi connectivity index (χ2v) is 7.55. The van der Waals surface area contributed by atoms with Crippen molar-refractivity contribution < 1.29 is 4.92 Å². The quantitative estimate of drug-likeness (QED) is 0.601. The number of rotatable bonds is 7. The summed E-state index contributed by atoms with van der Waals surface area (Å²) in [4.78, 5) is 11.4. The molecule has 0 atom stereocenters. The lowest BCUT2D eigenvalue weighted by molar-refractivity contribution is -0.380. The third kappa shape index (κ3) is 4.03. The predicted molar refractivity (Wildman–Crippen MR) is 83.0 cm³/mol. The molecule has 0 radical (unpaired) electrons. The Morgan fingerprint density at radius 3 is 2.65 bits per heavy atom. The van der Waals surface area contributed by atoms with Crippen LogP contribution in [0.25, 0.3) is 0 Å². The first-order valence-electron chi connectivity index (χ1n) is 7.45. The zero-order valence-electron chi connectivity index (χ0n) is 12.4. The van der Waals surface area contributed by atoms with Gasteiger partial charge in [0, 0.05) is 24.0 Å². The molecule has 1 N–H and O–H groups in total. The predicted octanol–water partition coefficient (Wildman–Crippen LogP) is 4.35. The third-order valence-electron chi connectivity index (χ3n) is 4.13. The van der Waals surface area contributed by atoms with Gasteiger partial charge >= 0.3 is 5.00 Å². The Kier molecular flexibility index (Phi) is 5.16. The van der Waals surface area contributed by atoms with E-state index in [1.165, 1.54) is 43.4 Å². The Hall–Kier alpha value is -0.940.